The number of amides is 1. The van der Waals surface area contributed by atoms with E-state index in [1.54, 1.807) is 0 Å². The van der Waals surface area contributed by atoms with Crippen LogP contribution in [0.4, 0.5) is 0 Å². The first-order chi connectivity index (χ1) is 6.65. The van der Waals surface area contributed by atoms with Crippen molar-refractivity contribution in [2.75, 3.05) is 19.7 Å². The van der Waals surface area contributed by atoms with E-state index in [2.05, 4.69) is 10.6 Å². The van der Waals surface area contributed by atoms with Crippen molar-refractivity contribution in [2.45, 2.75) is 25.5 Å². The molecule has 0 aromatic carbocycles. The van der Waals surface area contributed by atoms with Crippen molar-refractivity contribution >= 4 is 5.91 Å². The second-order valence-corrected chi connectivity index (χ2v) is 3.72. The predicted molar refractivity (Wildman–Crippen MR) is 51.7 cm³/mol. The number of hydrogen-bond donors (Lipinski definition) is 4. The monoisotopic (exact) mass is 202 g/mol. The number of aliphatic hydroxyl groups excluding tert-OH is 2. The van der Waals surface area contributed by atoms with E-state index in [1.165, 1.54) is 0 Å². The van der Waals surface area contributed by atoms with Crippen LogP contribution in [0, 0.1) is 5.92 Å². The van der Waals surface area contributed by atoms with Gasteiger partial charge in [-0.25, -0.2) is 0 Å². The summed E-state index contributed by atoms with van der Waals surface area (Å²) in [6.07, 6.45) is -0.0222. The van der Waals surface area contributed by atoms with Gasteiger partial charge in [-0.2, -0.15) is 0 Å². The SMILES string of the molecule is CC1NCCC1C(=O)NCC(O)CO. The van der Waals surface area contributed by atoms with Gasteiger partial charge >= 0.3 is 0 Å². The van der Waals surface area contributed by atoms with Gasteiger partial charge in [-0.1, -0.05) is 0 Å². The molecule has 0 spiro atoms. The summed E-state index contributed by atoms with van der Waals surface area (Å²) in [4.78, 5) is 11.5. The molecule has 1 saturated heterocycles. The van der Waals surface area contributed by atoms with Crippen molar-refractivity contribution < 1.29 is 15.0 Å². The molecule has 0 aromatic rings. The molecule has 1 rings (SSSR count). The molecule has 3 unspecified atom stereocenters. The Morgan fingerprint density at radius 2 is 2.43 bits per heavy atom. The molecule has 5 heteroatoms. The average molecular weight is 202 g/mol. The molecule has 0 aliphatic carbocycles. The molecule has 1 fully saturated rings. The van der Waals surface area contributed by atoms with Crippen molar-refractivity contribution in [3.63, 3.8) is 0 Å². The zero-order valence-electron chi connectivity index (χ0n) is 8.36. The third-order valence-electron chi connectivity index (χ3n) is 2.58. The summed E-state index contributed by atoms with van der Waals surface area (Å²) >= 11 is 0. The lowest BCUT2D eigenvalue weighted by Crippen LogP contribution is -2.40. The summed E-state index contributed by atoms with van der Waals surface area (Å²) in [5.74, 6) is -0.0594. The summed E-state index contributed by atoms with van der Waals surface area (Å²) in [5.41, 5.74) is 0. The number of rotatable bonds is 4. The Morgan fingerprint density at radius 1 is 1.71 bits per heavy atom. The fourth-order valence-electron chi connectivity index (χ4n) is 1.63. The minimum atomic E-state index is -0.858. The van der Waals surface area contributed by atoms with Gasteiger partial charge in [-0.3, -0.25) is 4.79 Å². The van der Waals surface area contributed by atoms with Crippen LogP contribution in [0.5, 0.6) is 0 Å². The molecule has 4 N–H and O–H groups in total. The highest BCUT2D eigenvalue weighted by Gasteiger charge is 2.29. The molecule has 0 saturated carbocycles. The van der Waals surface area contributed by atoms with Crippen molar-refractivity contribution in [3.05, 3.63) is 0 Å². The van der Waals surface area contributed by atoms with Crippen LogP contribution in [-0.2, 0) is 4.79 Å². The lowest BCUT2D eigenvalue weighted by Gasteiger charge is -2.16. The number of nitrogens with one attached hydrogen (secondary N) is 2. The molecule has 5 nitrogen and oxygen atoms in total. The minimum absolute atomic E-state index is 0.0131. The van der Waals surface area contributed by atoms with E-state index in [4.69, 9.17) is 10.2 Å². The van der Waals surface area contributed by atoms with E-state index in [1.807, 2.05) is 6.92 Å². The second kappa shape index (κ2) is 5.29. The maximum absolute atomic E-state index is 11.5. The second-order valence-electron chi connectivity index (χ2n) is 3.72. The highest BCUT2D eigenvalue weighted by atomic mass is 16.3. The molecule has 1 amide bonds. The first-order valence-corrected chi connectivity index (χ1v) is 4.95. The standard InChI is InChI=1S/C9H18N2O3/c1-6-8(2-3-10-6)9(14)11-4-7(13)5-12/h6-8,10,12-13H,2-5H2,1H3,(H,11,14). The molecular formula is C9H18N2O3. The smallest absolute Gasteiger partial charge is 0.224 e. The quantitative estimate of drug-likeness (QED) is 0.445. The van der Waals surface area contributed by atoms with Crippen LogP contribution in [0.1, 0.15) is 13.3 Å². The first-order valence-electron chi connectivity index (χ1n) is 4.95. The third kappa shape index (κ3) is 2.94. The zero-order chi connectivity index (χ0) is 10.6. The van der Waals surface area contributed by atoms with Crippen LogP contribution in [0.15, 0.2) is 0 Å². The molecule has 1 aliphatic rings. The molecule has 14 heavy (non-hydrogen) atoms. The summed E-state index contributed by atoms with van der Waals surface area (Å²) < 4.78 is 0. The maximum Gasteiger partial charge on any atom is 0.224 e. The normalized spacial score (nSPS) is 28.8. The topological polar surface area (TPSA) is 81.6 Å². The molecule has 3 atom stereocenters. The van der Waals surface area contributed by atoms with Crippen LogP contribution in [0.3, 0.4) is 0 Å². The minimum Gasteiger partial charge on any atom is -0.394 e. The van der Waals surface area contributed by atoms with Crippen LogP contribution in [0.25, 0.3) is 0 Å². The average Bonchev–Trinajstić information content (AvgIpc) is 2.60. The van der Waals surface area contributed by atoms with E-state index >= 15 is 0 Å². The van der Waals surface area contributed by atoms with Gasteiger partial charge < -0.3 is 20.8 Å². The number of carbonyl (C=O) groups is 1. The van der Waals surface area contributed by atoms with E-state index in [0.717, 1.165) is 13.0 Å². The number of carbonyl (C=O) groups excluding carboxylic acids is 1. The molecule has 0 radical (unpaired) electrons. The largest absolute Gasteiger partial charge is 0.394 e. The van der Waals surface area contributed by atoms with Gasteiger partial charge in [0.05, 0.1) is 18.6 Å². The molecule has 82 valence electrons. The van der Waals surface area contributed by atoms with Crippen molar-refractivity contribution in [1.29, 1.82) is 0 Å². The van der Waals surface area contributed by atoms with Crippen molar-refractivity contribution in [1.82, 2.24) is 10.6 Å². The zero-order valence-corrected chi connectivity index (χ0v) is 8.36. The van der Waals surface area contributed by atoms with Crippen LogP contribution < -0.4 is 10.6 Å². The van der Waals surface area contributed by atoms with Gasteiger partial charge in [-0.15, -0.1) is 0 Å². The summed E-state index contributed by atoms with van der Waals surface area (Å²) in [7, 11) is 0. The van der Waals surface area contributed by atoms with Crippen LogP contribution in [0.2, 0.25) is 0 Å². The Hall–Kier alpha value is -0.650. The lowest BCUT2D eigenvalue weighted by molar-refractivity contribution is -0.125. The van der Waals surface area contributed by atoms with Gasteiger partial charge in [0.25, 0.3) is 0 Å². The Balaban J connectivity index is 2.27. The van der Waals surface area contributed by atoms with Gasteiger partial charge in [0.1, 0.15) is 0 Å². The summed E-state index contributed by atoms with van der Waals surface area (Å²) in [6.45, 7) is 2.64. The fourth-order valence-corrected chi connectivity index (χ4v) is 1.63. The van der Waals surface area contributed by atoms with Gasteiger partial charge in [0, 0.05) is 12.6 Å². The summed E-state index contributed by atoms with van der Waals surface area (Å²) in [6, 6.07) is 0.196. The van der Waals surface area contributed by atoms with E-state index < -0.39 is 6.10 Å². The van der Waals surface area contributed by atoms with Gasteiger partial charge in [0.2, 0.25) is 5.91 Å². The van der Waals surface area contributed by atoms with Crippen molar-refractivity contribution in [2.24, 2.45) is 5.92 Å². The fraction of sp³-hybridized carbons (Fsp3) is 0.889. The Kier molecular flexibility index (Phi) is 4.31. The van der Waals surface area contributed by atoms with Crippen LogP contribution in [-0.4, -0.2) is 48.0 Å². The Morgan fingerprint density at radius 3 is 2.93 bits per heavy atom. The van der Waals surface area contributed by atoms with E-state index in [9.17, 15) is 4.79 Å². The number of aliphatic hydroxyl groups is 2. The van der Waals surface area contributed by atoms with E-state index in [-0.39, 0.29) is 31.0 Å². The summed E-state index contributed by atoms with van der Waals surface area (Å²) in [5, 5.41) is 23.4. The molecule has 0 bridgehead atoms. The molecular weight excluding hydrogens is 184 g/mol. The Labute approximate surface area is 83.5 Å². The first kappa shape index (κ1) is 11.4. The highest BCUT2D eigenvalue weighted by molar-refractivity contribution is 5.79. The third-order valence-corrected chi connectivity index (χ3v) is 2.58. The highest BCUT2D eigenvalue weighted by Crippen LogP contribution is 2.14. The lowest BCUT2D eigenvalue weighted by atomic mass is 10.0. The molecule has 1 heterocycles. The van der Waals surface area contributed by atoms with E-state index in [0.29, 0.717) is 0 Å². The maximum atomic E-state index is 11.5. The van der Waals surface area contributed by atoms with Gasteiger partial charge in [-0.05, 0) is 19.9 Å². The predicted octanol–water partition coefficient (Wildman–Crippen LogP) is -1.55. The van der Waals surface area contributed by atoms with Crippen LogP contribution >= 0.6 is 0 Å². The molecule has 0 aromatic heterocycles. The Bertz CT molecular complexity index is 198. The van der Waals surface area contributed by atoms with Gasteiger partial charge in [0.15, 0.2) is 0 Å². The van der Waals surface area contributed by atoms with Crippen molar-refractivity contribution in [3.8, 4) is 0 Å². The molecule has 1 aliphatic heterocycles. The number of hydrogen-bond acceptors (Lipinski definition) is 4.